The molecule has 0 bridgehead atoms. The molecular weight excluding hydrogens is 205 g/mol. The predicted octanol–water partition coefficient (Wildman–Crippen LogP) is -0.0231. The van der Waals surface area contributed by atoms with Crippen LogP contribution in [0.25, 0.3) is 0 Å². The van der Waals surface area contributed by atoms with E-state index in [1.165, 1.54) is 18.2 Å². The number of benzene rings is 1. The molecule has 1 aromatic rings. The highest BCUT2D eigenvalue weighted by Gasteiger charge is 2.23. The Kier molecular flexibility index (Phi) is 3.24. The lowest BCUT2D eigenvalue weighted by Gasteiger charge is -2.03. The fourth-order valence-electron chi connectivity index (χ4n) is 0.956. The summed E-state index contributed by atoms with van der Waals surface area (Å²) in [6.07, 6.45) is -1.66. The molecule has 7 nitrogen and oxygen atoms in total. The maximum atomic E-state index is 10.4. The van der Waals surface area contributed by atoms with E-state index < -0.39 is 18.2 Å². The molecule has 0 saturated carbocycles. The molecule has 1 aromatic carbocycles. The molecule has 1 rings (SSSR count). The lowest BCUT2D eigenvalue weighted by atomic mass is 9.79. The van der Waals surface area contributed by atoms with Gasteiger partial charge in [-0.15, -0.1) is 0 Å². The molecule has 0 unspecified atom stereocenters. The van der Waals surface area contributed by atoms with Gasteiger partial charge in [-0.3, -0.25) is 10.1 Å². The maximum Gasteiger partial charge on any atom is 0.564 e. The van der Waals surface area contributed by atoms with Gasteiger partial charge in [-0.25, -0.2) is 4.79 Å². The second kappa shape index (κ2) is 4.42. The second-order valence-electron chi connectivity index (χ2n) is 2.59. The second-order valence-corrected chi connectivity index (χ2v) is 2.59. The molecule has 0 heterocycles. The molecule has 0 saturated heterocycles. The van der Waals surface area contributed by atoms with E-state index in [0.29, 0.717) is 0 Å². The Morgan fingerprint density at radius 3 is 2.73 bits per heavy atom. The number of nitrogens with zero attached hydrogens (tertiary/aromatic N) is 1. The van der Waals surface area contributed by atoms with Crippen molar-refractivity contribution in [3.05, 3.63) is 34.4 Å². The van der Waals surface area contributed by atoms with Crippen molar-refractivity contribution in [2.45, 2.75) is 0 Å². The lowest BCUT2D eigenvalue weighted by Crippen LogP contribution is -2.35. The van der Waals surface area contributed by atoms with E-state index in [1.807, 2.05) is 0 Å². The first-order valence-electron chi connectivity index (χ1n) is 3.82. The zero-order valence-electron chi connectivity index (χ0n) is 7.36. The summed E-state index contributed by atoms with van der Waals surface area (Å²) in [6.45, 7) is 0. The smallest absolute Gasteiger partial charge is 0.473 e. The third-order valence-electron chi connectivity index (χ3n) is 1.58. The zero-order chi connectivity index (χ0) is 11.4. The summed E-state index contributed by atoms with van der Waals surface area (Å²) in [6, 6.07) is 4.90. The van der Waals surface area contributed by atoms with Crippen LogP contribution in [0.1, 0.15) is 0 Å². The molecule has 0 aliphatic heterocycles. The Hall–Kier alpha value is -2.09. The number of non-ortho nitro benzene ring substituents is 1. The van der Waals surface area contributed by atoms with Crippen LogP contribution >= 0.6 is 0 Å². The van der Waals surface area contributed by atoms with Gasteiger partial charge in [-0.05, 0) is 0 Å². The number of carbonyl (C=O) groups is 1. The van der Waals surface area contributed by atoms with Crippen LogP contribution in [-0.2, 0) is 4.65 Å². The summed E-state index contributed by atoms with van der Waals surface area (Å²) in [4.78, 5) is 19.8. The summed E-state index contributed by atoms with van der Waals surface area (Å²) in [7, 11) is -1.72. The Bertz CT molecular complexity index is 395. The van der Waals surface area contributed by atoms with Crippen molar-refractivity contribution in [1.82, 2.24) is 0 Å². The normalized spacial score (nSPS) is 9.40. The van der Waals surface area contributed by atoms with E-state index in [9.17, 15) is 19.9 Å². The molecule has 0 aliphatic carbocycles. The summed E-state index contributed by atoms with van der Waals surface area (Å²) in [5.74, 6) is 0. The summed E-state index contributed by atoms with van der Waals surface area (Å²) in [5.41, 5.74) is -0.243. The first-order valence-corrected chi connectivity index (χ1v) is 3.82. The number of nitro benzene ring substituents is 1. The lowest BCUT2D eigenvalue weighted by molar-refractivity contribution is -0.384. The molecule has 0 fully saturated rings. The van der Waals surface area contributed by atoms with Crippen LogP contribution in [0.15, 0.2) is 24.3 Å². The molecule has 0 aromatic heterocycles. The van der Waals surface area contributed by atoms with Crippen LogP contribution in [0.5, 0.6) is 0 Å². The maximum absolute atomic E-state index is 10.4. The standard InChI is InChI=1S/C7H6BNO6/c10-7(11)15-8(12)5-2-1-3-6(4-5)9(13)14/h1-4,12H,(H,10,11). The Morgan fingerprint density at radius 1 is 1.53 bits per heavy atom. The molecule has 2 N–H and O–H groups in total. The molecule has 15 heavy (non-hydrogen) atoms. The minimum atomic E-state index is -1.72. The van der Waals surface area contributed by atoms with Crippen LogP contribution in [0.3, 0.4) is 0 Å². The topological polar surface area (TPSA) is 110 Å². The SMILES string of the molecule is O=C(O)OB(O)c1cccc([N+](=O)[O-])c1. The van der Waals surface area contributed by atoms with Gasteiger partial charge in [0.15, 0.2) is 0 Å². The number of carboxylic acid groups (broad SMARTS) is 1. The summed E-state index contributed by atoms with van der Waals surface area (Å²) >= 11 is 0. The van der Waals surface area contributed by atoms with Gasteiger partial charge in [-0.1, -0.05) is 12.1 Å². The van der Waals surface area contributed by atoms with Crippen molar-refractivity contribution in [2.24, 2.45) is 0 Å². The van der Waals surface area contributed by atoms with Gasteiger partial charge in [0.05, 0.1) is 4.92 Å². The number of nitro groups is 1. The molecule has 0 atom stereocenters. The quantitative estimate of drug-likeness (QED) is 0.412. The largest absolute Gasteiger partial charge is 0.564 e. The van der Waals surface area contributed by atoms with Crippen molar-refractivity contribution in [3.63, 3.8) is 0 Å². The van der Waals surface area contributed by atoms with E-state index in [-0.39, 0.29) is 11.2 Å². The molecule has 0 aliphatic rings. The van der Waals surface area contributed by atoms with E-state index >= 15 is 0 Å². The van der Waals surface area contributed by atoms with Gasteiger partial charge in [0, 0.05) is 17.6 Å². The highest BCUT2D eigenvalue weighted by molar-refractivity contribution is 6.61. The van der Waals surface area contributed by atoms with Crippen molar-refractivity contribution in [2.75, 3.05) is 0 Å². The molecule has 0 amide bonds. The molecule has 0 radical (unpaired) electrons. The Morgan fingerprint density at radius 2 is 2.20 bits per heavy atom. The van der Waals surface area contributed by atoms with E-state index in [0.717, 1.165) is 6.07 Å². The van der Waals surface area contributed by atoms with Crippen LogP contribution in [0.4, 0.5) is 10.5 Å². The monoisotopic (exact) mass is 211 g/mol. The van der Waals surface area contributed by atoms with Crippen LogP contribution in [0, 0.1) is 10.1 Å². The van der Waals surface area contributed by atoms with Crippen LogP contribution in [0.2, 0.25) is 0 Å². The number of rotatable bonds is 3. The van der Waals surface area contributed by atoms with E-state index in [4.69, 9.17) is 5.11 Å². The minimum Gasteiger partial charge on any atom is -0.473 e. The van der Waals surface area contributed by atoms with E-state index in [1.54, 1.807) is 0 Å². The summed E-state index contributed by atoms with van der Waals surface area (Å²) < 4.78 is 4.02. The van der Waals surface area contributed by atoms with Gasteiger partial charge in [-0.2, -0.15) is 0 Å². The van der Waals surface area contributed by atoms with Gasteiger partial charge in [0.1, 0.15) is 0 Å². The highest BCUT2D eigenvalue weighted by atomic mass is 16.7. The van der Waals surface area contributed by atoms with Crippen LogP contribution in [-0.4, -0.2) is 28.3 Å². The average Bonchev–Trinajstić information content (AvgIpc) is 2.17. The van der Waals surface area contributed by atoms with Gasteiger partial charge >= 0.3 is 13.3 Å². The fourth-order valence-corrected chi connectivity index (χ4v) is 0.956. The first kappa shape index (κ1) is 11.0. The van der Waals surface area contributed by atoms with Crippen molar-refractivity contribution < 1.29 is 24.5 Å². The highest BCUT2D eigenvalue weighted by Crippen LogP contribution is 2.07. The van der Waals surface area contributed by atoms with E-state index in [2.05, 4.69) is 4.65 Å². The summed E-state index contributed by atoms with van der Waals surface area (Å²) in [5, 5.41) is 27.7. The van der Waals surface area contributed by atoms with Crippen LogP contribution < -0.4 is 5.46 Å². The average molecular weight is 211 g/mol. The number of hydrogen-bond donors (Lipinski definition) is 2. The van der Waals surface area contributed by atoms with Gasteiger partial charge in [0.2, 0.25) is 0 Å². The molecular formula is C7H6BNO6. The van der Waals surface area contributed by atoms with Crippen molar-refractivity contribution >= 4 is 24.4 Å². The van der Waals surface area contributed by atoms with Crippen molar-refractivity contribution in [1.29, 1.82) is 0 Å². The predicted molar refractivity (Wildman–Crippen MR) is 49.8 cm³/mol. The number of hydrogen-bond acceptors (Lipinski definition) is 5. The third kappa shape index (κ3) is 2.95. The third-order valence-corrected chi connectivity index (χ3v) is 1.58. The van der Waals surface area contributed by atoms with Gasteiger partial charge < -0.3 is 14.8 Å². The first-order chi connectivity index (χ1) is 7.00. The fraction of sp³-hybridized carbons (Fsp3) is 0. The molecule has 78 valence electrons. The zero-order valence-corrected chi connectivity index (χ0v) is 7.36. The Labute approximate surface area is 84.2 Å². The molecule has 8 heteroatoms. The molecule has 0 spiro atoms. The van der Waals surface area contributed by atoms with Gasteiger partial charge in [0.25, 0.3) is 5.69 Å². The van der Waals surface area contributed by atoms with Crippen molar-refractivity contribution in [3.8, 4) is 0 Å². The Balaban J connectivity index is 2.89. The minimum absolute atomic E-state index is 0.00611.